The SMILES string of the molecule is CCC1(CNS(=O)(=O)c2ccc(CO)cc2)CC1. The number of sulfonamides is 1. The van der Waals surface area contributed by atoms with Crippen molar-refractivity contribution in [2.45, 2.75) is 37.7 Å². The first kappa shape index (κ1) is 13.5. The lowest BCUT2D eigenvalue weighted by atomic mass is 10.1. The van der Waals surface area contributed by atoms with Crippen LogP contribution in [-0.2, 0) is 16.6 Å². The van der Waals surface area contributed by atoms with E-state index in [4.69, 9.17) is 5.11 Å². The van der Waals surface area contributed by atoms with E-state index in [1.54, 1.807) is 12.1 Å². The zero-order valence-electron chi connectivity index (χ0n) is 10.5. The molecule has 0 saturated heterocycles. The van der Waals surface area contributed by atoms with Gasteiger partial charge in [0, 0.05) is 6.54 Å². The van der Waals surface area contributed by atoms with Crippen molar-refractivity contribution in [1.29, 1.82) is 0 Å². The largest absolute Gasteiger partial charge is 0.392 e. The molecule has 0 atom stereocenters. The van der Waals surface area contributed by atoms with Crippen LogP contribution in [0, 0.1) is 5.41 Å². The highest BCUT2D eigenvalue weighted by Gasteiger charge is 2.41. The minimum atomic E-state index is -3.42. The Kier molecular flexibility index (Phi) is 3.75. The van der Waals surface area contributed by atoms with Crippen molar-refractivity contribution >= 4 is 10.0 Å². The van der Waals surface area contributed by atoms with Gasteiger partial charge < -0.3 is 5.11 Å². The predicted molar refractivity (Wildman–Crippen MR) is 69.5 cm³/mol. The third-order valence-electron chi connectivity index (χ3n) is 3.76. The van der Waals surface area contributed by atoms with E-state index in [-0.39, 0.29) is 16.9 Å². The molecular formula is C13H19NO3S. The highest BCUT2D eigenvalue weighted by Crippen LogP contribution is 2.48. The first-order valence-electron chi connectivity index (χ1n) is 6.21. The lowest BCUT2D eigenvalue weighted by Gasteiger charge is -2.13. The summed E-state index contributed by atoms with van der Waals surface area (Å²) in [5.74, 6) is 0. The number of benzene rings is 1. The van der Waals surface area contributed by atoms with Crippen molar-refractivity contribution in [2.75, 3.05) is 6.54 Å². The summed E-state index contributed by atoms with van der Waals surface area (Å²) in [6, 6.07) is 6.31. The molecule has 1 aromatic rings. The van der Waals surface area contributed by atoms with E-state index in [1.807, 2.05) is 0 Å². The fourth-order valence-electron chi connectivity index (χ4n) is 1.94. The molecular weight excluding hydrogens is 250 g/mol. The molecule has 0 bridgehead atoms. The number of rotatable bonds is 6. The van der Waals surface area contributed by atoms with Gasteiger partial charge >= 0.3 is 0 Å². The van der Waals surface area contributed by atoms with E-state index < -0.39 is 10.0 Å². The average Bonchev–Trinajstić information content (AvgIpc) is 3.17. The first-order valence-corrected chi connectivity index (χ1v) is 7.69. The van der Waals surface area contributed by atoms with Crippen LogP contribution in [0.2, 0.25) is 0 Å². The maximum atomic E-state index is 12.0. The van der Waals surface area contributed by atoms with Crippen molar-refractivity contribution in [1.82, 2.24) is 4.72 Å². The van der Waals surface area contributed by atoms with Gasteiger partial charge in [-0.15, -0.1) is 0 Å². The second-order valence-corrected chi connectivity index (χ2v) is 6.75. The zero-order chi connectivity index (χ0) is 13.2. The molecule has 0 unspecified atom stereocenters. The van der Waals surface area contributed by atoms with E-state index in [0.717, 1.165) is 19.3 Å². The Morgan fingerprint density at radius 3 is 2.33 bits per heavy atom. The number of hydrogen-bond donors (Lipinski definition) is 2. The summed E-state index contributed by atoms with van der Waals surface area (Å²) in [5, 5.41) is 8.92. The molecule has 4 nitrogen and oxygen atoms in total. The zero-order valence-corrected chi connectivity index (χ0v) is 11.3. The Morgan fingerprint density at radius 2 is 1.89 bits per heavy atom. The number of aliphatic hydroxyl groups is 1. The number of hydrogen-bond acceptors (Lipinski definition) is 3. The van der Waals surface area contributed by atoms with Crippen molar-refractivity contribution in [3.05, 3.63) is 29.8 Å². The lowest BCUT2D eigenvalue weighted by molar-refractivity contribution is 0.282. The minimum Gasteiger partial charge on any atom is -0.392 e. The second-order valence-electron chi connectivity index (χ2n) is 4.98. The minimum absolute atomic E-state index is 0.0767. The van der Waals surface area contributed by atoms with Gasteiger partial charge in [-0.3, -0.25) is 0 Å². The number of nitrogens with one attached hydrogen (secondary N) is 1. The summed E-state index contributed by atoms with van der Waals surface area (Å²) in [7, 11) is -3.42. The molecule has 1 fully saturated rings. The molecule has 18 heavy (non-hydrogen) atoms. The summed E-state index contributed by atoms with van der Waals surface area (Å²) < 4.78 is 26.8. The summed E-state index contributed by atoms with van der Waals surface area (Å²) in [4.78, 5) is 0.256. The van der Waals surface area contributed by atoms with Crippen molar-refractivity contribution in [3.63, 3.8) is 0 Å². The van der Waals surface area contributed by atoms with Crippen LogP contribution in [0.4, 0.5) is 0 Å². The van der Waals surface area contributed by atoms with Crippen molar-refractivity contribution in [2.24, 2.45) is 5.41 Å². The molecule has 1 saturated carbocycles. The molecule has 1 aliphatic carbocycles. The monoisotopic (exact) mass is 269 g/mol. The molecule has 0 radical (unpaired) electrons. The quantitative estimate of drug-likeness (QED) is 0.825. The van der Waals surface area contributed by atoms with Gasteiger partial charge in [0.05, 0.1) is 11.5 Å². The Labute approximate surface area is 108 Å². The predicted octanol–water partition coefficient (Wildman–Crippen LogP) is 1.65. The van der Waals surface area contributed by atoms with E-state index in [0.29, 0.717) is 12.1 Å². The van der Waals surface area contributed by atoms with Crippen LogP contribution in [0.1, 0.15) is 31.7 Å². The fraction of sp³-hybridized carbons (Fsp3) is 0.538. The molecule has 0 amide bonds. The molecule has 1 aromatic carbocycles. The molecule has 0 aromatic heterocycles. The van der Waals surface area contributed by atoms with Crippen molar-refractivity contribution in [3.8, 4) is 0 Å². The van der Waals surface area contributed by atoms with Crippen LogP contribution in [0.15, 0.2) is 29.2 Å². The maximum absolute atomic E-state index is 12.0. The Balaban J connectivity index is 2.05. The van der Waals surface area contributed by atoms with E-state index in [1.165, 1.54) is 12.1 Å². The molecule has 2 N–H and O–H groups in total. The lowest BCUT2D eigenvalue weighted by Crippen LogP contribution is -2.30. The Morgan fingerprint density at radius 1 is 1.28 bits per heavy atom. The van der Waals surface area contributed by atoms with Crippen LogP contribution in [0.5, 0.6) is 0 Å². The summed E-state index contributed by atoms with van der Waals surface area (Å²) in [5.41, 5.74) is 0.902. The summed E-state index contributed by atoms with van der Waals surface area (Å²) >= 11 is 0. The standard InChI is InChI=1S/C13H19NO3S/c1-2-13(7-8-13)10-14-18(16,17)12-5-3-11(9-15)4-6-12/h3-6,14-15H,2,7-10H2,1H3. The van der Waals surface area contributed by atoms with E-state index in [2.05, 4.69) is 11.6 Å². The highest BCUT2D eigenvalue weighted by atomic mass is 32.2. The first-order chi connectivity index (χ1) is 8.51. The molecule has 0 heterocycles. The van der Waals surface area contributed by atoms with E-state index >= 15 is 0 Å². The third-order valence-corrected chi connectivity index (χ3v) is 5.18. The smallest absolute Gasteiger partial charge is 0.240 e. The summed E-state index contributed by atoms with van der Waals surface area (Å²) in [6.45, 7) is 2.54. The molecule has 100 valence electrons. The number of aliphatic hydroxyl groups excluding tert-OH is 1. The topological polar surface area (TPSA) is 66.4 Å². The normalized spacial score (nSPS) is 17.7. The van der Waals surface area contributed by atoms with Gasteiger partial charge in [-0.2, -0.15) is 0 Å². The summed E-state index contributed by atoms with van der Waals surface area (Å²) in [6.07, 6.45) is 3.23. The van der Waals surface area contributed by atoms with Crippen LogP contribution in [-0.4, -0.2) is 20.1 Å². The van der Waals surface area contributed by atoms with Crippen LogP contribution in [0.25, 0.3) is 0 Å². The molecule has 2 rings (SSSR count). The maximum Gasteiger partial charge on any atom is 0.240 e. The van der Waals surface area contributed by atoms with Crippen LogP contribution in [0.3, 0.4) is 0 Å². The van der Waals surface area contributed by atoms with E-state index in [9.17, 15) is 8.42 Å². The van der Waals surface area contributed by atoms with Gasteiger partial charge in [-0.1, -0.05) is 19.1 Å². The molecule has 1 aliphatic rings. The van der Waals surface area contributed by atoms with Gasteiger partial charge in [0.2, 0.25) is 10.0 Å². The van der Waals surface area contributed by atoms with Gasteiger partial charge in [0.15, 0.2) is 0 Å². The molecule has 0 spiro atoms. The fourth-order valence-corrected chi connectivity index (χ4v) is 3.09. The Hall–Kier alpha value is -0.910. The van der Waals surface area contributed by atoms with Gasteiger partial charge in [-0.25, -0.2) is 13.1 Å². The van der Waals surface area contributed by atoms with Crippen molar-refractivity contribution < 1.29 is 13.5 Å². The van der Waals surface area contributed by atoms with Gasteiger partial charge in [0.25, 0.3) is 0 Å². The molecule has 5 heteroatoms. The van der Waals surface area contributed by atoms with Gasteiger partial charge in [0.1, 0.15) is 0 Å². The van der Waals surface area contributed by atoms with Gasteiger partial charge in [-0.05, 0) is 42.4 Å². The average molecular weight is 269 g/mol. The van der Waals surface area contributed by atoms with Crippen LogP contribution >= 0.6 is 0 Å². The molecule has 0 aliphatic heterocycles. The Bertz CT molecular complexity index is 504. The highest BCUT2D eigenvalue weighted by molar-refractivity contribution is 7.89. The van der Waals surface area contributed by atoms with Crippen LogP contribution < -0.4 is 4.72 Å². The third kappa shape index (κ3) is 2.91. The second kappa shape index (κ2) is 4.99.